The Labute approximate surface area is 196 Å². The number of nitro groups is 2. The molecule has 0 saturated heterocycles. The first-order valence-corrected chi connectivity index (χ1v) is 9.75. The van der Waals surface area contributed by atoms with Crippen LogP contribution in [-0.2, 0) is 9.53 Å². The molecule has 0 aromatic heterocycles. The molecule has 0 fully saturated rings. The fourth-order valence-electron chi connectivity index (χ4n) is 2.36. The lowest BCUT2D eigenvalue weighted by Gasteiger charge is -2.11. The number of hydrogen-bond donors (Lipinski definition) is 3. The second-order valence-electron chi connectivity index (χ2n) is 6.24. The summed E-state index contributed by atoms with van der Waals surface area (Å²) in [6.07, 6.45) is 0. The maximum Gasteiger partial charge on any atom is 0.338 e. The summed E-state index contributed by atoms with van der Waals surface area (Å²) >= 11 is 4.85. The van der Waals surface area contributed by atoms with Crippen LogP contribution in [0.25, 0.3) is 0 Å². The molecule has 0 aliphatic rings. The van der Waals surface area contributed by atoms with E-state index in [0.29, 0.717) is 17.4 Å². The molecule has 14 nitrogen and oxygen atoms in total. The van der Waals surface area contributed by atoms with Crippen molar-refractivity contribution < 1.29 is 33.7 Å². The fraction of sp³-hybridized carbons (Fsp3) is 0.158. The van der Waals surface area contributed by atoms with Gasteiger partial charge < -0.3 is 9.47 Å². The lowest BCUT2D eigenvalue weighted by molar-refractivity contribution is -0.394. The van der Waals surface area contributed by atoms with Crippen LogP contribution in [0.15, 0.2) is 42.5 Å². The predicted octanol–water partition coefficient (Wildman–Crippen LogP) is 1.39. The van der Waals surface area contributed by atoms with E-state index in [-0.39, 0.29) is 17.3 Å². The van der Waals surface area contributed by atoms with E-state index in [9.17, 15) is 34.6 Å². The van der Waals surface area contributed by atoms with E-state index in [1.807, 2.05) is 0 Å². The summed E-state index contributed by atoms with van der Waals surface area (Å²) < 4.78 is 10.1. The Morgan fingerprint density at radius 2 is 1.53 bits per heavy atom. The number of rotatable bonds is 8. The molecule has 0 unspecified atom stereocenters. The largest absolute Gasteiger partial charge is 0.484 e. The topological polar surface area (TPSA) is 192 Å². The summed E-state index contributed by atoms with van der Waals surface area (Å²) in [5, 5.41) is 23.6. The van der Waals surface area contributed by atoms with Gasteiger partial charge in [-0.2, -0.15) is 0 Å². The van der Waals surface area contributed by atoms with Crippen LogP contribution in [0.1, 0.15) is 27.6 Å². The number of ether oxygens (including phenoxy) is 2. The van der Waals surface area contributed by atoms with Crippen molar-refractivity contribution in [2.45, 2.75) is 6.92 Å². The molecule has 2 amide bonds. The number of amides is 2. The maximum absolute atomic E-state index is 12.2. The van der Waals surface area contributed by atoms with Gasteiger partial charge in [0.1, 0.15) is 5.75 Å². The third kappa shape index (κ3) is 7.49. The smallest absolute Gasteiger partial charge is 0.338 e. The van der Waals surface area contributed by atoms with Crippen molar-refractivity contribution in [2.24, 2.45) is 0 Å². The standard InChI is InChI=1S/C19H17N5O9S/c1-2-32-18(27)11-3-5-15(6-4-11)33-10-16(25)21-22-19(34)20-17(26)12-7-13(23(28)29)9-14(8-12)24(30)31/h3-9H,2,10H2,1H3,(H,21,25)(H2,20,22,26,34). The molecule has 34 heavy (non-hydrogen) atoms. The van der Waals surface area contributed by atoms with Gasteiger partial charge in [-0.3, -0.25) is 46.0 Å². The number of carbonyl (C=O) groups is 3. The molecule has 0 saturated carbocycles. The summed E-state index contributed by atoms with van der Waals surface area (Å²) in [5.74, 6) is -1.86. The zero-order valence-electron chi connectivity index (χ0n) is 17.4. The zero-order valence-corrected chi connectivity index (χ0v) is 18.2. The van der Waals surface area contributed by atoms with E-state index in [2.05, 4.69) is 16.2 Å². The summed E-state index contributed by atoms with van der Waals surface area (Å²) in [7, 11) is 0. The Morgan fingerprint density at radius 3 is 2.06 bits per heavy atom. The SMILES string of the molecule is CCOC(=O)c1ccc(OCC(=O)NNC(=S)NC(=O)c2cc([N+](=O)[O-])cc([N+](=O)[O-])c2)cc1. The van der Waals surface area contributed by atoms with E-state index >= 15 is 0 Å². The van der Waals surface area contributed by atoms with Crippen molar-refractivity contribution in [2.75, 3.05) is 13.2 Å². The van der Waals surface area contributed by atoms with Crippen molar-refractivity contribution in [3.8, 4) is 5.75 Å². The maximum atomic E-state index is 12.2. The molecule has 2 aromatic carbocycles. The van der Waals surface area contributed by atoms with Gasteiger partial charge in [-0.25, -0.2) is 4.79 Å². The van der Waals surface area contributed by atoms with Crippen molar-refractivity contribution in [3.63, 3.8) is 0 Å². The number of esters is 1. The lowest BCUT2D eigenvalue weighted by atomic mass is 10.1. The van der Waals surface area contributed by atoms with Crippen LogP contribution in [0.2, 0.25) is 0 Å². The van der Waals surface area contributed by atoms with Gasteiger partial charge in [0, 0.05) is 12.1 Å². The average Bonchev–Trinajstić information content (AvgIpc) is 2.81. The number of nitrogens with one attached hydrogen (secondary N) is 3. The molecular weight excluding hydrogens is 474 g/mol. The highest BCUT2D eigenvalue weighted by Gasteiger charge is 2.20. The van der Waals surface area contributed by atoms with Crippen LogP contribution in [0.4, 0.5) is 11.4 Å². The highest BCUT2D eigenvalue weighted by molar-refractivity contribution is 7.80. The molecule has 178 valence electrons. The first-order valence-electron chi connectivity index (χ1n) is 9.34. The quantitative estimate of drug-likeness (QED) is 0.209. The van der Waals surface area contributed by atoms with Gasteiger partial charge in [-0.05, 0) is 43.4 Å². The Bertz CT molecular complexity index is 1110. The van der Waals surface area contributed by atoms with Gasteiger partial charge in [0.05, 0.1) is 33.6 Å². The second-order valence-corrected chi connectivity index (χ2v) is 6.65. The van der Waals surface area contributed by atoms with Gasteiger partial charge >= 0.3 is 5.97 Å². The van der Waals surface area contributed by atoms with Gasteiger partial charge in [0.2, 0.25) is 0 Å². The van der Waals surface area contributed by atoms with Crippen LogP contribution in [0.5, 0.6) is 5.75 Å². The molecule has 0 aliphatic carbocycles. The molecule has 15 heteroatoms. The van der Waals surface area contributed by atoms with Crippen molar-refractivity contribution in [3.05, 3.63) is 73.8 Å². The minimum atomic E-state index is -0.975. The number of nitro benzene ring substituents is 2. The second kappa shape index (κ2) is 11.8. The van der Waals surface area contributed by atoms with Crippen LogP contribution in [0.3, 0.4) is 0 Å². The molecule has 2 aromatic rings. The highest BCUT2D eigenvalue weighted by atomic mass is 32.1. The molecule has 0 heterocycles. The Morgan fingerprint density at radius 1 is 0.941 bits per heavy atom. The molecule has 0 bridgehead atoms. The summed E-state index contributed by atoms with van der Waals surface area (Å²) in [5.41, 5.74) is 3.00. The number of carbonyl (C=O) groups excluding carboxylic acids is 3. The lowest BCUT2D eigenvalue weighted by Crippen LogP contribution is -2.49. The number of hydrazine groups is 1. The molecule has 2 rings (SSSR count). The minimum Gasteiger partial charge on any atom is -0.484 e. The number of benzene rings is 2. The molecular formula is C19H17N5O9S. The van der Waals surface area contributed by atoms with Crippen LogP contribution < -0.4 is 20.9 Å². The number of nitrogens with zero attached hydrogens (tertiary/aromatic N) is 2. The number of non-ortho nitro benzene ring substituents is 2. The van der Waals surface area contributed by atoms with E-state index in [1.54, 1.807) is 6.92 Å². The number of hydrogen-bond acceptors (Lipinski definition) is 10. The van der Waals surface area contributed by atoms with E-state index in [1.165, 1.54) is 24.3 Å². The molecule has 0 atom stereocenters. The number of thiocarbonyl (C=S) groups is 1. The molecule has 3 N–H and O–H groups in total. The molecule has 0 aliphatic heterocycles. The summed E-state index contributed by atoms with van der Waals surface area (Å²) in [6.45, 7) is 1.47. The third-order valence-corrected chi connectivity index (χ3v) is 4.07. The van der Waals surface area contributed by atoms with E-state index in [4.69, 9.17) is 21.7 Å². The predicted molar refractivity (Wildman–Crippen MR) is 119 cm³/mol. The Hall–Kier alpha value is -4.66. The van der Waals surface area contributed by atoms with E-state index in [0.717, 1.165) is 12.1 Å². The van der Waals surface area contributed by atoms with Crippen molar-refractivity contribution in [1.29, 1.82) is 0 Å². The van der Waals surface area contributed by atoms with Gasteiger partial charge in [-0.15, -0.1) is 0 Å². The first-order chi connectivity index (χ1) is 16.1. The fourth-order valence-corrected chi connectivity index (χ4v) is 2.50. The minimum absolute atomic E-state index is 0.234. The normalized spacial score (nSPS) is 9.91. The van der Waals surface area contributed by atoms with Gasteiger partial charge in [0.15, 0.2) is 11.7 Å². The van der Waals surface area contributed by atoms with Crippen molar-refractivity contribution >= 4 is 46.5 Å². The zero-order chi connectivity index (χ0) is 25.3. The summed E-state index contributed by atoms with van der Waals surface area (Å²) in [6, 6.07) is 8.25. The molecule has 0 radical (unpaired) electrons. The van der Waals surface area contributed by atoms with Gasteiger partial charge in [0.25, 0.3) is 23.2 Å². The van der Waals surface area contributed by atoms with Crippen LogP contribution in [-0.4, -0.2) is 46.0 Å². The Balaban J connectivity index is 1.85. The monoisotopic (exact) mass is 491 g/mol. The average molecular weight is 491 g/mol. The van der Waals surface area contributed by atoms with Crippen LogP contribution >= 0.6 is 12.2 Å². The first kappa shape index (κ1) is 25.6. The Kier molecular flexibility index (Phi) is 8.90. The van der Waals surface area contributed by atoms with Crippen LogP contribution in [0, 0.1) is 20.2 Å². The van der Waals surface area contributed by atoms with Crippen molar-refractivity contribution in [1.82, 2.24) is 16.2 Å². The summed E-state index contributed by atoms with van der Waals surface area (Å²) in [4.78, 5) is 55.8. The highest BCUT2D eigenvalue weighted by Crippen LogP contribution is 2.22. The molecule has 0 spiro atoms. The van der Waals surface area contributed by atoms with Gasteiger partial charge in [-0.1, -0.05) is 0 Å². The van der Waals surface area contributed by atoms with E-state index < -0.39 is 45.6 Å². The third-order valence-electron chi connectivity index (χ3n) is 3.86.